The number of benzene rings is 1. The lowest BCUT2D eigenvalue weighted by Crippen LogP contribution is -2.39. The van der Waals surface area contributed by atoms with Gasteiger partial charge in [0.2, 0.25) is 0 Å². The number of nitrogens with zero attached hydrogens (tertiary/aromatic N) is 2. The molecule has 0 amide bonds. The monoisotopic (exact) mass is 376 g/mol. The highest BCUT2D eigenvalue weighted by molar-refractivity contribution is 7.90. The zero-order chi connectivity index (χ0) is 18.3. The van der Waals surface area contributed by atoms with Gasteiger partial charge in [-0.15, -0.1) is 0 Å². The number of rotatable bonds is 3. The molecule has 3 aromatic rings. The fraction of sp³-hybridized carbons (Fsp3) is 0.294. The van der Waals surface area contributed by atoms with Gasteiger partial charge in [-0.25, -0.2) is 9.37 Å². The highest BCUT2D eigenvalue weighted by atomic mass is 32.2. The highest BCUT2D eigenvalue weighted by Gasteiger charge is 2.25. The third-order valence-corrected chi connectivity index (χ3v) is 6.05. The topological polar surface area (TPSA) is 95.2 Å². The second-order valence-electron chi connectivity index (χ2n) is 6.28. The van der Waals surface area contributed by atoms with Gasteiger partial charge in [-0.1, -0.05) is 6.42 Å². The first-order valence-corrected chi connectivity index (χ1v) is 9.78. The van der Waals surface area contributed by atoms with E-state index in [0.717, 1.165) is 19.3 Å². The third-order valence-electron chi connectivity index (χ3n) is 4.56. The van der Waals surface area contributed by atoms with Crippen molar-refractivity contribution >= 4 is 37.7 Å². The van der Waals surface area contributed by atoms with Crippen LogP contribution in [0.4, 0.5) is 10.2 Å². The molecule has 2 N–H and O–H groups in total. The van der Waals surface area contributed by atoms with E-state index in [1.54, 1.807) is 6.07 Å². The molecule has 0 saturated carbocycles. The van der Waals surface area contributed by atoms with E-state index < -0.39 is 21.6 Å². The molecule has 0 radical (unpaired) electrons. The molecule has 0 aliphatic carbocycles. The minimum Gasteiger partial charge on any atom is -0.328 e. The molecule has 136 valence electrons. The van der Waals surface area contributed by atoms with Crippen LogP contribution in [0.5, 0.6) is 0 Å². The summed E-state index contributed by atoms with van der Waals surface area (Å²) in [7, 11) is -3.78. The molecule has 1 aromatic carbocycles. The van der Waals surface area contributed by atoms with Crippen molar-refractivity contribution in [1.82, 2.24) is 14.3 Å². The van der Waals surface area contributed by atoms with Gasteiger partial charge in [0.25, 0.3) is 5.56 Å². The quantitative estimate of drug-likeness (QED) is 0.686. The summed E-state index contributed by atoms with van der Waals surface area (Å²) in [5, 5.41) is 0.910. The van der Waals surface area contributed by atoms with E-state index in [0.29, 0.717) is 29.4 Å². The van der Waals surface area contributed by atoms with Gasteiger partial charge in [0.1, 0.15) is 11.6 Å². The van der Waals surface area contributed by atoms with Crippen molar-refractivity contribution in [1.29, 1.82) is 0 Å². The number of hydrogen-bond acceptors (Lipinski definition) is 4. The Morgan fingerprint density at radius 3 is 2.65 bits per heavy atom. The molecule has 7 nitrogen and oxygen atoms in total. The van der Waals surface area contributed by atoms with Gasteiger partial charge in [-0.05, 0) is 37.1 Å². The number of aromatic amines is 1. The molecule has 9 heteroatoms. The van der Waals surface area contributed by atoms with Crippen LogP contribution in [0.15, 0.2) is 35.3 Å². The predicted octanol–water partition coefficient (Wildman–Crippen LogP) is 2.36. The number of halogens is 1. The van der Waals surface area contributed by atoms with Crippen LogP contribution in [0, 0.1) is 5.82 Å². The van der Waals surface area contributed by atoms with Gasteiger partial charge in [0.15, 0.2) is 0 Å². The number of anilines is 1. The molecule has 0 atom stereocenters. The Balaban J connectivity index is 1.90. The van der Waals surface area contributed by atoms with Gasteiger partial charge in [-0.2, -0.15) is 12.7 Å². The maximum Gasteiger partial charge on any atom is 0.302 e. The summed E-state index contributed by atoms with van der Waals surface area (Å²) in [4.78, 5) is 19.0. The van der Waals surface area contributed by atoms with E-state index >= 15 is 0 Å². The van der Waals surface area contributed by atoms with Crippen molar-refractivity contribution in [2.45, 2.75) is 19.3 Å². The van der Waals surface area contributed by atoms with E-state index in [9.17, 15) is 17.6 Å². The standard InChI is InChI=1S/C17H17FN4O3S/c18-11-4-5-12-13(10-11)15-14(6-7-19-17(15)23)20-16(12)21-26(24,25)22-8-2-1-3-9-22/h4-7,10H,1-3,8-9H2,(H,19,23)(H,20,21). The van der Waals surface area contributed by atoms with Crippen molar-refractivity contribution in [3.63, 3.8) is 0 Å². The first-order chi connectivity index (χ1) is 12.5. The predicted molar refractivity (Wildman–Crippen MR) is 97.8 cm³/mol. The number of hydrogen-bond donors (Lipinski definition) is 2. The highest BCUT2D eigenvalue weighted by Crippen LogP contribution is 2.29. The Morgan fingerprint density at radius 1 is 1.12 bits per heavy atom. The first-order valence-electron chi connectivity index (χ1n) is 8.34. The average molecular weight is 376 g/mol. The van der Waals surface area contributed by atoms with Crippen LogP contribution in [0.1, 0.15) is 19.3 Å². The maximum absolute atomic E-state index is 13.8. The largest absolute Gasteiger partial charge is 0.328 e. The van der Waals surface area contributed by atoms with Crippen LogP contribution in [0.3, 0.4) is 0 Å². The van der Waals surface area contributed by atoms with Gasteiger partial charge < -0.3 is 4.98 Å². The van der Waals surface area contributed by atoms with Crippen LogP contribution in [0.2, 0.25) is 0 Å². The molecule has 2 aromatic heterocycles. The molecule has 1 fully saturated rings. The Hall–Kier alpha value is -2.52. The van der Waals surface area contributed by atoms with Gasteiger partial charge in [0, 0.05) is 30.1 Å². The molecular weight excluding hydrogens is 359 g/mol. The number of fused-ring (bicyclic) bond motifs is 3. The molecule has 26 heavy (non-hydrogen) atoms. The summed E-state index contributed by atoms with van der Waals surface area (Å²) in [6, 6.07) is 5.41. The second-order valence-corrected chi connectivity index (χ2v) is 7.95. The summed E-state index contributed by atoms with van der Waals surface area (Å²) in [6.45, 7) is 0.907. The van der Waals surface area contributed by atoms with Crippen LogP contribution >= 0.6 is 0 Å². The van der Waals surface area contributed by atoms with Crippen molar-refractivity contribution < 1.29 is 12.8 Å². The van der Waals surface area contributed by atoms with Crippen LogP contribution < -0.4 is 10.3 Å². The van der Waals surface area contributed by atoms with Gasteiger partial charge >= 0.3 is 10.2 Å². The smallest absolute Gasteiger partial charge is 0.302 e. The Bertz CT molecular complexity index is 1150. The molecule has 1 aliphatic heterocycles. The van der Waals surface area contributed by atoms with Crippen molar-refractivity contribution in [3.8, 4) is 0 Å². The van der Waals surface area contributed by atoms with Gasteiger partial charge in [-0.3, -0.25) is 9.52 Å². The number of nitrogens with one attached hydrogen (secondary N) is 2. The number of pyridine rings is 2. The van der Waals surface area contributed by atoms with E-state index in [-0.39, 0.29) is 11.2 Å². The lowest BCUT2D eigenvalue weighted by atomic mass is 10.1. The zero-order valence-corrected chi connectivity index (χ0v) is 14.6. The number of aromatic nitrogens is 2. The summed E-state index contributed by atoms with van der Waals surface area (Å²) < 4.78 is 43.1. The van der Waals surface area contributed by atoms with E-state index in [1.165, 1.54) is 28.7 Å². The summed E-state index contributed by atoms with van der Waals surface area (Å²) >= 11 is 0. The molecule has 0 spiro atoms. The van der Waals surface area contributed by atoms with Crippen LogP contribution in [0.25, 0.3) is 21.7 Å². The maximum atomic E-state index is 13.8. The minimum absolute atomic E-state index is 0.0867. The fourth-order valence-electron chi connectivity index (χ4n) is 3.30. The van der Waals surface area contributed by atoms with Crippen molar-refractivity contribution in [2.75, 3.05) is 17.8 Å². The van der Waals surface area contributed by atoms with E-state index in [4.69, 9.17) is 0 Å². The SMILES string of the molecule is O=c1[nH]ccc2nc(NS(=O)(=O)N3CCCCC3)c3ccc(F)cc3c12. The molecule has 1 saturated heterocycles. The molecule has 0 unspecified atom stereocenters. The molecule has 0 bridgehead atoms. The summed E-state index contributed by atoms with van der Waals surface area (Å²) in [5.41, 5.74) is -0.112. The lowest BCUT2D eigenvalue weighted by molar-refractivity contribution is 0.349. The van der Waals surface area contributed by atoms with Gasteiger partial charge in [0.05, 0.1) is 10.9 Å². The Labute approximate surface area is 149 Å². The van der Waals surface area contributed by atoms with E-state index in [2.05, 4.69) is 14.7 Å². The lowest BCUT2D eigenvalue weighted by Gasteiger charge is -2.26. The minimum atomic E-state index is -3.78. The molecular formula is C17H17FN4O3S. The average Bonchev–Trinajstić information content (AvgIpc) is 2.62. The number of piperidine rings is 1. The third kappa shape index (κ3) is 2.93. The normalized spacial score (nSPS) is 16.2. The van der Waals surface area contributed by atoms with Crippen LogP contribution in [-0.4, -0.2) is 35.8 Å². The van der Waals surface area contributed by atoms with Crippen molar-refractivity contribution in [2.24, 2.45) is 0 Å². The second kappa shape index (κ2) is 6.33. The molecule has 4 rings (SSSR count). The number of H-pyrrole nitrogens is 1. The Kier molecular flexibility index (Phi) is 4.12. The first kappa shape index (κ1) is 16.9. The fourth-order valence-corrected chi connectivity index (χ4v) is 4.57. The van der Waals surface area contributed by atoms with Crippen molar-refractivity contribution in [3.05, 3.63) is 46.6 Å². The molecule has 3 heterocycles. The van der Waals surface area contributed by atoms with E-state index in [1.807, 2.05) is 0 Å². The molecule has 1 aliphatic rings. The van der Waals surface area contributed by atoms with Crippen LogP contribution in [-0.2, 0) is 10.2 Å². The summed E-state index contributed by atoms with van der Waals surface area (Å²) in [6.07, 6.45) is 4.05. The summed E-state index contributed by atoms with van der Waals surface area (Å²) in [5.74, 6) is -0.429. The zero-order valence-electron chi connectivity index (χ0n) is 13.8. The Morgan fingerprint density at radius 2 is 1.88 bits per heavy atom.